The van der Waals surface area contributed by atoms with E-state index in [-0.39, 0.29) is 28.4 Å². The third-order valence-corrected chi connectivity index (χ3v) is 8.47. The van der Waals surface area contributed by atoms with E-state index in [9.17, 15) is 26.0 Å². The fourth-order valence-corrected chi connectivity index (χ4v) is 6.35. The van der Waals surface area contributed by atoms with Crippen LogP contribution >= 0.6 is 11.6 Å². The molecule has 1 aromatic heterocycles. The molecule has 0 aliphatic heterocycles. The molecule has 38 heavy (non-hydrogen) atoms. The number of aromatic nitrogens is 2. The van der Waals surface area contributed by atoms with Gasteiger partial charge in [0.25, 0.3) is 0 Å². The summed E-state index contributed by atoms with van der Waals surface area (Å²) < 4.78 is 86.2. The number of hydrogen-bond acceptors (Lipinski definition) is 6. The van der Waals surface area contributed by atoms with Crippen LogP contribution in [0.1, 0.15) is 48.9 Å². The Bertz CT molecular complexity index is 1370. The maximum atomic E-state index is 15.0. The Balaban J connectivity index is 1.51. The van der Waals surface area contributed by atoms with Crippen LogP contribution in [-0.2, 0) is 21.8 Å². The fraction of sp³-hybridized carbons (Fsp3) is 0.385. The van der Waals surface area contributed by atoms with Gasteiger partial charge in [-0.25, -0.2) is 22.8 Å². The Kier molecular flexibility index (Phi) is 8.59. The van der Waals surface area contributed by atoms with Crippen molar-refractivity contribution in [2.45, 2.75) is 61.1 Å². The molecule has 1 saturated carbocycles. The highest BCUT2D eigenvalue weighted by molar-refractivity contribution is 7.90. The first-order valence-electron chi connectivity index (χ1n) is 12.0. The molecule has 1 heterocycles. The number of hydrogen-bond donors (Lipinski definition) is 1. The van der Waals surface area contributed by atoms with Crippen LogP contribution in [0.25, 0.3) is 0 Å². The van der Waals surface area contributed by atoms with Crippen LogP contribution in [0.4, 0.5) is 17.6 Å². The van der Waals surface area contributed by atoms with E-state index >= 15 is 0 Å². The molecule has 1 fully saturated rings. The second-order valence-corrected chi connectivity index (χ2v) is 11.5. The van der Waals surface area contributed by atoms with Crippen molar-refractivity contribution in [1.82, 2.24) is 15.3 Å². The first kappa shape index (κ1) is 28.3. The van der Waals surface area contributed by atoms with Gasteiger partial charge in [-0.15, -0.1) is 0 Å². The smallest absolute Gasteiger partial charge is 0.416 e. The van der Waals surface area contributed by atoms with Gasteiger partial charge in [-0.3, -0.25) is 0 Å². The molecule has 4 rings (SSSR count). The molecule has 0 bridgehead atoms. The maximum Gasteiger partial charge on any atom is 0.416 e. The van der Waals surface area contributed by atoms with Gasteiger partial charge in [-0.05, 0) is 55.5 Å². The summed E-state index contributed by atoms with van der Waals surface area (Å²) in [7, 11) is -4.09. The quantitative estimate of drug-likeness (QED) is 0.336. The minimum atomic E-state index is -4.42. The zero-order chi connectivity index (χ0) is 27.5. The van der Waals surface area contributed by atoms with E-state index in [1.54, 1.807) is 6.07 Å². The lowest BCUT2D eigenvalue weighted by atomic mass is 9.79. The van der Waals surface area contributed by atoms with Gasteiger partial charge < -0.3 is 10.1 Å². The van der Waals surface area contributed by atoms with Crippen molar-refractivity contribution >= 4 is 21.4 Å². The van der Waals surface area contributed by atoms with Gasteiger partial charge in [0.2, 0.25) is 0 Å². The molecule has 1 N–H and O–H groups in total. The maximum absolute atomic E-state index is 15.0. The molecule has 1 aliphatic rings. The standard InChI is InChI=1S/C26H26ClF4N3O3S/c1-2-33-22-11-17(16-4-3-5-18(10-16)26(29,30)31)6-7-23(22)37-24-13-21(28)25(12-20(24)27)38(35,36)14-19-8-9-32-15-34-19/h3-5,8-10,12-13,15,17,22-23,33H,2,6-7,11,14H2,1H3/t17-,22-,23-/m0/s1. The van der Waals surface area contributed by atoms with E-state index in [0.717, 1.165) is 18.2 Å². The molecule has 1 aliphatic carbocycles. The molecule has 0 amide bonds. The summed E-state index contributed by atoms with van der Waals surface area (Å²) in [6.07, 6.45) is -0.743. The fourth-order valence-electron chi connectivity index (χ4n) is 4.71. The van der Waals surface area contributed by atoms with Crippen LogP contribution < -0.4 is 10.1 Å². The summed E-state index contributed by atoms with van der Waals surface area (Å²) in [5, 5.41) is 3.24. The zero-order valence-electron chi connectivity index (χ0n) is 20.4. The zero-order valence-corrected chi connectivity index (χ0v) is 22.0. The number of ether oxygens (including phenoxy) is 1. The van der Waals surface area contributed by atoms with E-state index in [1.165, 1.54) is 30.7 Å². The lowest BCUT2D eigenvalue weighted by Crippen LogP contribution is -2.46. The number of sulfone groups is 1. The number of halogens is 5. The van der Waals surface area contributed by atoms with Crippen molar-refractivity contribution in [3.8, 4) is 5.75 Å². The van der Waals surface area contributed by atoms with Crippen molar-refractivity contribution < 1.29 is 30.7 Å². The molecule has 204 valence electrons. The number of nitrogens with one attached hydrogen (secondary N) is 1. The summed E-state index contributed by atoms with van der Waals surface area (Å²) in [6.45, 7) is 2.48. The topological polar surface area (TPSA) is 81.2 Å². The highest BCUT2D eigenvalue weighted by Crippen LogP contribution is 2.39. The monoisotopic (exact) mass is 571 g/mol. The molecule has 6 nitrogen and oxygen atoms in total. The summed E-state index contributed by atoms with van der Waals surface area (Å²) in [5.41, 5.74) is 0.121. The molecule has 0 radical (unpaired) electrons. The van der Waals surface area contributed by atoms with Crippen LogP contribution in [0.5, 0.6) is 5.75 Å². The lowest BCUT2D eigenvalue weighted by molar-refractivity contribution is -0.137. The van der Waals surface area contributed by atoms with E-state index in [2.05, 4.69) is 15.3 Å². The molecule has 3 atom stereocenters. The molecule has 0 spiro atoms. The predicted octanol–water partition coefficient (Wildman–Crippen LogP) is 5.96. The third-order valence-electron chi connectivity index (χ3n) is 6.52. The first-order valence-corrected chi connectivity index (χ1v) is 14.0. The summed E-state index contributed by atoms with van der Waals surface area (Å²) in [4.78, 5) is 7.04. The van der Waals surface area contributed by atoms with E-state index < -0.39 is 44.1 Å². The van der Waals surface area contributed by atoms with E-state index in [1.807, 2.05) is 6.92 Å². The predicted molar refractivity (Wildman–Crippen MR) is 134 cm³/mol. The first-order chi connectivity index (χ1) is 18.0. The van der Waals surface area contributed by atoms with Gasteiger partial charge in [0.05, 0.1) is 22.0 Å². The number of benzene rings is 2. The molecular formula is C26H26ClF4N3O3S. The van der Waals surface area contributed by atoms with Crippen LogP contribution in [0, 0.1) is 5.82 Å². The van der Waals surface area contributed by atoms with Gasteiger partial charge >= 0.3 is 6.18 Å². The Hall–Kier alpha value is -2.76. The average Bonchev–Trinajstić information content (AvgIpc) is 2.87. The second kappa shape index (κ2) is 11.5. The second-order valence-electron chi connectivity index (χ2n) is 9.13. The number of rotatable bonds is 8. The highest BCUT2D eigenvalue weighted by Gasteiger charge is 2.35. The van der Waals surface area contributed by atoms with Crippen molar-refractivity contribution in [2.75, 3.05) is 6.54 Å². The molecule has 0 saturated heterocycles. The molecule has 12 heteroatoms. The Morgan fingerprint density at radius 1 is 1.16 bits per heavy atom. The number of nitrogens with zero attached hydrogens (tertiary/aromatic N) is 2. The molecule has 2 aromatic carbocycles. The van der Waals surface area contributed by atoms with Gasteiger partial charge in [0.1, 0.15) is 28.9 Å². The van der Waals surface area contributed by atoms with Crippen LogP contribution in [0.3, 0.4) is 0 Å². The van der Waals surface area contributed by atoms with Crippen LogP contribution in [-0.4, -0.2) is 37.1 Å². The average molecular weight is 572 g/mol. The van der Waals surface area contributed by atoms with E-state index in [0.29, 0.717) is 31.4 Å². The van der Waals surface area contributed by atoms with Gasteiger partial charge in [0.15, 0.2) is 9.84 Å². The normalized spacial score (nSPS) is 20.3. The van der Waals surface area contributed by atoms with Crippen molar-refractivity contribution in [1.29, 1.82) is 0 Å². The summed E-state index contributed by atoms with van der Waals surface area (Å²) in [5.74, 6) is -1.65. The van der Waals surface area contributed by atoms with Crippen LogP contribution in [0.15, 0.2) is 59.9 Å². The van der Waals surface area contributed by atoms with Crippen molar-refractivity contribution in [3.05, 3.63) is 82.6 Å². The minimum absolute atomic E-state index is 0.00410. The highest BCUT2D eigenvalue weighted by atomic mass is 35.5. The minimum Gasteiger partial charge on any atom is -0.487 e. The van der Waals surface area contributed by atoms with Gasteiger partial charge in [-0.1, -0.05) is 36.7 Å². The summed E-state index contributed by atoms with van der Waals surface area (Å²) >= 11 is 6.33. The van der Waals surface area contributed by atoms with Gasteiger partial charge in [-0.2, -0.15) is 13.2 Å². The van der Waals surface area contributed by atoms with Crippen molar-refractivity contribution in [2.24, 2.45) is 0 Å². The Labute approximate surface area is 223 Å². The molecule has 0 unspecified atom stereocenters. The number of alkyl halides is 3. The third kappa shape index (κ3) is 6.62. The Morgan fingerprint density at radius 2 is 1.95 bits per heavy atom. The van der Waals surface area contributed by atoms with E-state index in [4.69, 9.17) is 16.3 Å². The number of likely N-dealkylation sites (N-methyl/N-ethyl adjacent to an activating group) is 1. The van der Waals surface area contributed by atoms with Crippen molar-refractivity contribution in [3.63, 3.8) is 0 Å². The Morgan fingerprint density at radius 3 is 2.63 bits per heavy atom. The lowest BCUT2D eigenvalue weighted by Gasteiger charge is -2.37. The SMILES string of the molecule is CCN[C@H]1C[C@@H](c2cccc(C(F)(F)F)c2)CC[C@@H]1Oc1cc(F)c(S(=O)(=O)Cc2ccncn2)cc1Cl. The largest absolute Gasteiger partial charge is 0.487 e. The summed E-state index contributed by atoms with van der Waals surface area (Å²) in [6, 6.07) is 8.49. The molecule has 3 aromatic rings. The van der Waals surface area contributed by atoms with Crippen LogP contribution in [0.2, 0.25) is 5.02 Å². The van der Waals surface area contributed by atoms with Gasteiger partial charge in [0, 0.05) is 18.3 Å². The molecular weight excluding hydrogens is 546 g/mol.